The van der Waals surface area contributed by atoms with Crippen molar-refractivity contribution in [2.45, 2.75) is 59.1 Å². The summed E-state index contributed by atoms with van der Waals surface area (Å²) in [7, 11) is 0. The van der Waals surface area contributed by atoms with Crippen molar-refractivity contribution in [3.8, 4) is 11.5 Å². The van der Waals surface area contributed by atoms with E-state index in [9.17, 15) is 19.2 Å². The molecule has 0 radical (unpaired) electrons. The Kier molecular flexibility index (Phi) is 11.0. The summed E-state index contributed by atoms with van der Waals surface area (Å²) in [5.41, 5.74) is 6.47. The van der Waals surface area contributed by atoms with Gasteiger partial charge < -0.3 is 29.4 Å². The number of hydrogen-bond acceptors (Lipinski definition) is 10. The fraction of sp³-hybridized carbons (Fsp3) is 0.524. The molecule has 1 aromatic rings. The molecule has 0 saturated carbocycles. The number of ether oxygens (including phenoxy) is 5. The molecule has 2 N–H and O–H groups in total. The van der Waals surface area contributed by atoms with Crippen molar-refractivity contribution in [1.29, 1.82) is 0 Å². The third kappa shape index (κ3) is 9.47. The average Bonchev–Trinajstić information content (AvgIpc) is 2.73. The first kappa shape index (κ1) is 25.9. The van der Waals surface area contributed by atoms with Crippen LogP contribution in [0.5, 0.6) is 11.5 Å². The molecular formula is C21H29NO9. The first-order valence-corrected chi connectivity index (χ1v) is 9.99. The molecule has 10 heteroatoms. The van der Waals surface area contributed by atoms with Crippen molar-refractivity contribution in [1.82, 2.24) is 0 Å². The van der Waals surface area contributed by atoms with E-state index >= 15 is 0 Å². The van der Waals surface area contributed by atoms with Crippen LogP contribution in [0.1, 0.15) is 46.1 Å². The zero-order chi connectivity index (χ0) is 23.4. The summed E-state index contributed by atoms with van der Waals surface area (Å²) in [6.07, 6.45) is -1.21. The Bertz CT molecular complexity index is 778. The summed E-state index contributed by atoms with van der Waals surface area (Å²) in [6, 6.07) is 3.52. The molecule has 10 nitrogen and oxygen atoms in total. The Morgan fingerprint density at radius 3 is 2.13 bits per heavy atom. The fourth-order valence-electron chi connectivity index (χ4n) is 2.23. The van der Waals surface area contributed by atoms with Gasteiger partial charge in [0.05, 0.1) is 6.61 Å². The third-order valence-electron chi connectivity index (χ3n) is 3.81. The van der Waals surface area contributed by atoms with Crippen molar-refractivity contribution in [2.75, 3.05) is 13.2 Å². The molecule has 0 aromatic heterocycles. The smallest absolute Gasteiger partial charge is 0.461 e. The van der Waals surface area contributed by atoms with Crippen molar-refractivity contribution in [3.05, 3.63) is 23.8 Å². The minimum atomic E-state index is -1.02. The van der Waals surface area contributed by atoms with Gasteiger partial charge in [-0.1, -0.05) is 19.9 Å². The molecule has 0 spiro atoms. The van der Waals surface area contributed by atoms with Crippen LogP contribution in [0.25, 0.3) is 0 Å². The van der Waals surface area contributed by atoms with Crippen LogP contribution in [0.2, 0.25) is 0 Å². The molecule has 0 aliphatic heterocycles. The van der Waals surface area contributed by atoms with Crippen LogP contribution in [-0.2, 0) is 35.0 Å². The monoisotopic (exact) mass is 439 g/mol. The fourth-order valence-corrected chi connectivity index (χ4v) is 2.23. The molecule has 0 bridgehead atoms. The Hall–Kier alpha value is -3.14. The summed E-state index contributed by atoms with van der Waals surface area (Å²) >= 11 is 0. The van der Waals surface area contributed by atoms with Gasteiger partial charge in [0.2, 0.25) is 0 Å². The van der Waals surface area contributed by atoms with Crippen LogP contribution in [0, 0.1) is 0 Å². The predicted molar refractivity (Wildman–Crippen MR) is 109 cm³/mol. The highest BCUT2D eigenvalue weighted by atomic mass is 16.7. The van der Waals surface area contributed by atoms with E-state index < -0.39 is 36.2 Å². The van der Waals surface area contributed by atoms with Gasteiger partial charge in [0, 0.05) is 12.8 Å². The lowest BCUT2D eigenvalue weighted by Gasteiger charge is -2.16. The Morgan fingerprint density at radius 2 is 1.55 bits per heavy atom. The second kappa shape index (κ2) is 13.2. The minimum absolute atomic E-state index is 0.0585. The number of esters is 3. The molecule has 0 fully saturated rings. The predicted octanol–water partition coefficient (Wildman–Crippen LogP) is 2.29. The zero-order valence-electron chi connectivity index (χ0n) is 18.2. The molecule has 2 atom stereocenters. The third-order valence-corrected chi connectivity index (χ3v) is 3.81. The van der Waals surface area contributed by atoms with E-state index in [1.807, 2.05) is 0 Å². The van der Waals surface area contributed by atoms with Gasteiger partial charge in [0.1, 0.15) is 18.8 Å². The van der Waals surface area contributed by atoms with E-state index in [0.717, 1.165) is 0 Å². The lowest BCUT2D eigenvalue weighted by atomic mass is 10.1. The van der Waals surface area contributed by atoms with Crippen LogP contribution >= 0.6 is 0 Å². The molecule has 0 amide bonds. The highest BCUT2D eigenvalue weighted by Crippen LogP contribution is 2.29. The van der Waals surface area contributed by atoms with Gasteiger partial charge in [0.15, 0.2) is 11.5 Å². The van der Waals surface area contributed by atoms with Gasteiger partial charge in [-0.3, -0.25) is 14.4 Å². The number of carbonyl (C=O) groups is 4. The summed E-state index contributed by atoms with van der Waals surface area (Å²) < 4.78 is 25.0. The van der Waals surface area contributed by atoms with Gasteiger partial charge in [-0.15, -0.1) is 0 Å². The van der Waals surface area contributed by atoms with Crippen LogP contribution in [0.15, 0.2) is 18.2 Å². The molecule has 0 heterocycles. The maximum Gasteiger partial charge on any atom is 0.508 e. The summed E-state index contributed by atoms with van der Waals surface area (Å²) in [5, 5.41) is 0. The number of hydrogen-bond donors (Lipinski definition) is 1. The normalized spacial score (nSPS) is 12.3. The Labute approximate surface area is 180 Å². The summed E-state index contributed by atoms with van der Waals surface area (Å²) in [5.74, 6) is -1.54. The highest BCUT2D eigenvalue weighted by molar-refractivity contribution is 5.77. The van der Waals surface area contributed by atoms with Crippen molar-refractivity contribution >= 4 is 24.1 Å². The molecule has 31 heavy (non-hydrogen) atoms. The van der Waals surface area contributed by atoms with Crippen LogP contribution < -0.4 is 15.2 Å². The molecule has 0 aliphatic carbocycles. The molecule has 1 aromatic carbocycles. The maximum atomic E-state index is 12.1. The number of rotatable bonds is 11. The standard InChI is InChI=1S/C21H29NO9/c1-5-18(23)30-16-9-8-14(11-17(16)31-19(24)6-2)10-15(22)20(25)28-12-13(4)29-21(26)27-7-3/h8-9,11,13,15H,5-7,10,12,22H2,1-4H3/t13-,15-/m0/s1. The van der Waals surface area contributed by atoms with E-state index in [4.69, 9.17) is 24.7 Å². The Morgan fingerprint density at radius 1 is 0.935 bits per heavy atom. The van der Waals surface area contributed by atoms with E-state index in [-0.39, 0.29) is 44.0 Å². The van der Waals surface area contributed by atoms with E-state index in [1.54, 1.807) is 33.8 Å². The number of nitrogens with two attached hydrogens (primary N) is 1. The molecule has 172 valence electrons. The molecule has 0 aliphatic rings. The minimum Gasteiger partial charge on any atom is -0.461 e. The second-order valence-corrected chi connectivity index (χ2v) is 6.49. The van der Waals surface area contributed by atoms with E-state index in [2.05, 4.69) is 4.74 Å². The number of benzene rings is 1. The van der Waals surface area contributed by atoms with Crippen molar-refractivity contribution in [2.24, 2.45) is 5.73 Å². The van der Waals surface area contributed by atoms with E-state index in [0.29, 0.717) is 5.56 Å². The second-order valence-electron chi connectivity index (χ2n) is 6.49. The number of carbonyl (C=O) groups excluding carboxylic acids is 4. The highest BCUT2D eigenvalue weighted by Gasteiger charge is 2.20. The van der Waals surface area contributed by atoms with Crippen LogP contribution in [0.4, 0.5) is 4.79 Å². The quantitative estimate of drug-likeness (QED) is 0.403. The molecular weight excluding hydrogens is 410 g/mol. The zero-order valence-corrected chi connectivity index (χ0v) is 18.2. The topological polar surface area (TPSA) is 140 Å². The SMILES string of the molecule is CCOC(=O)O[C@@H](C)COC(=O)[C@@H](N)Cc1ccc(OC(=O)CC)c(OC(=O)CC)c1. The average molecular weight is 439 g/mol. The lowest BCUT2D eigenvalue weighted by molar-refractivity contribution is -0.148. The van der Waals surface area contributed by atoms with Gasteiger partial charge in [-0.2, -0.15) is 0 Å². The molecule has 0 saturated heterocycles. The van der Waals surface area contributed by atoms with Crippen LogP contribution in [-0.4, -0.2) is 49.4 Å². The lowest BCUT2D eigenvalue weighted by Crippen LogP contribution is -2.36. The van der Waals surface area contributed by atoms with Crippen LogP contribution in [0.3, 0.4) is 0 Å². The largest absolute Gasteiger partial charge is 0.508 e. The summed E-state index contributed by atoms with van der Waals surface area (Å²) in [6.45, 7) is 6.43. The Balaban J connectivity index is 2.75. The van der Waals surface area contributed by atoms with E-state index in [1.165, 1.54) is 12.1 Å². The maximum absolute atomic E-state index is 12.1. The molecule has 0 unspecified atom stereocenters. The first-order chi connectivity index (χ1) is 14.7. The summed E-state index contributed by atoms with van der Waals surface area (Å²) in [4.78, 5) is 46.7. The van der Waals surface area contributed by atoms with Gasteiger partial charge in [-0.25, -0.2) is 4.79 Å². The van der Waals surface area contributed by atoms with Gasteiger partial charge in [-0.05, 0) is 38.0 Å². The van der Waals surface area contributed by atoms with Gasteiger partial charge >= 0.3 is 24.1 Å². The van der Waals surface area contributed by atoms with Crippen molar-refractivity contribution in [3.63, 3.8) is 0 Å². The van der Waals surface area contributed by atoms with Gasteiger partial charge in [0.25, 0.3) is 0 Å². The molecule has 1 rings (SSSR count). The first-order valence-electron chi connectivity index (χ1n) is 9.99. The van der Waals surface area contributed by atoms with Crippen molar-refractivity contribution < 1.29 is 42.9 Å².